The Morgan fingerprint density at radius 2 is 1.90 bits per heavy atom. The van der Waals surface area contributed by atoms with Crippen molar-refractivity contribution in [2.45, 2.75) is 27.7 Å². The fourth-order valence-electron chi connectivity index (χ4n) is 2.96. The molecule has 4 nitrogen and oxygen atoms in total. The molecule has 0 unspecified atom stereocenters. The highest BCUT2D eigenvalue weighted by Gasteiger charge is 2.64. The van der Waals surface area contributed by atoms with Gasteiger partial charge in [0.05, 0.1) is 11.3 Å². The van der Waals surface area contributed by atoms with Crippen molar-refractivity contribution in [1.29, 1.82) is 0 Å². The number of halogens is 1. The average Bonchev–Trinajstić information content (AvgIpc) is 2.68. The van der Waals surface area contributed by atoms with Gasteiger partial charge in [-0.25, -0.2) is 9.18 Å². The van der Waals surface area contributed by atoms with Crippen molar-refractivity contribution >= 4 is 17.3 Å². The lowest BCUT2D eigenvalue weighted by atomic mass is 10.0. The fraction of sp³-hybridized carbons (Fsp3) is 0.533. The molecule has 0 atom stereocenters. The number of aromatic carboxylic acids is 1. The van der Waals surface area contributed by atoms with E-state index in [0.29, 0.717) is 12.5 Å². The molecular formula is C15H21FN2O2. The third-order valence-electron chi connectivity index (χ3n) is 5.19. The first-order valence-electron chi connectivity index (χ1n) is 6.65. The van der Waals surface area contributed by atoms with Gasteiger partial charge in [0.1, 0.15) is 5.82 Å². The molecular weight excluding hydrogens is 259 g/mol. The summed E-state index contributed by atoms with van der Waals surface area (Å²) in [4.78, 5) is 11.0. The molecule has 110 valence electrons. The van der Waals surface area contributed by atoms with Gasteiger partial charge in [-0.2, -0.15) is 0 Å². The molecule has 1 aromatic rings. The topological polar surface area (TPSA) is 75.3 Å². The van der Waals surface area contributed by atoms with Crippen LogP contribution in [0.3, 0.4) is 0 Å². The second kappa shape index (κ2) is 4.36. The number of rotatable bonds is 4. The van der Waals surface area contributed by atoms with Gasteiger partial charge in [0.2, 0.25) is 0 Å². The van der Waals surface area contributed by atoms with Gasteiger partial charge >= 0.3 is 5.97 Å². The Morgan fingerprint density at radius 1 is 1.35 bits per heavy atom. The molecule has 4 N–H and O–H groups in total. The Kier molecular flexibility index (Phi) is 3.19. The van der Waals surface area contributed by atoms with Crippen LogP contribution < -0.4 is 11.1 Å². The second-order valence-electron chi connectivity index (χ2n) is 6.60. The number of nitrogens with two attached hydrogens (primary N) is 1. The van der Waals surface area contributed by atoms with E-state index < -0.39 is 11.8 Å². The molecule has 1 aliphatic rings. The molecule has 1 aromatic carbocycles. The van der Waals surface area contributed by atoms with Gasteiger partial charge in [-0.3, -0.25) is 0 Å². The maximum Gasteiger partial charge on any atom is 0.337 e. The summed E-state index contributed by atoms with van der Waals surface area (Å²) in [5.41, 5.74) is 5.93. The molecule has 20 heavy (non-hydrogen) atoms. The van der Waals surface area contributed by atoms with Crippen LogP contribution in [-0.4, -0.2) is 17.6 Å². The van der Waals surface area contributed by atoms with Crippen LogP contribution in [-0.2, 0) is 0 Å². The fourth-order valence-corrected chi connectivity index (χ4v) is 2.96. The van der Waals surface area contributed by atoms with Crippen molar-refractivity contribution in [1.82, 2.24) is 0 Å². The Labute approximate surface area is 118 Å². The molecule has 0 radical (unpaired) electrons. The van der Waals surface area contributed by atoms with Gasteiger partial charge in [-0.1, -0.05) is 27.7 Å². The van der Waals surface area contributed by atoms with Gasteiger partial charge < -0.3 is 16.2 Å². The summed E-state index contributed by atoms with van der Waals surface area (Å²) >= 11 is 0. The zero-order chi connectivity index (χ0) is 15.3. The molecule has 1 fully saturated rings. The van der Waals surface area contributed by atoms with E-state index in [0.717, 1.165) is 6.07 Å². The Hall–Kier alpha value is -1.78. The highest BCUT2D eigenvalue weighted by Crippen LogP contribution is 2.68. The molecule has 0 heterocycles. The van der Waals surface area contributed by atoms with Crippen molar-refractivity contribution in [3.05, 3.63) is 23.5 Å². The summed E-state index contributed by atoms with van der Waals surface area (Å²) in [7, 11) is 0. The molecule has 0 aromatic heterocycles. The summed E-state index contributed by atoms with van der Waals surface area (Å²) in [6, 6.07) is 2.31. The highest BCUT2D eigenvalue weighted by molar-refractivity contribution is 5.94. The van der Waals surface area contributed by atoms with Crippen LogP contribution in [0, 0.1) is 22.6 Å². The van der Waals surface area contributed by atoms with E-state index in [1.807, 2.05) is 0 Å². The van der Waals surface area contributed by atoms with Gasteiger partial charge in [0, 0.05) is 12.2 Å². The lowest BCUT2D eigenvalue weighted by Crippen LogP contribution is -2.11. The van der Waals surface area contributed by atoms with Crippen molar-refractivity contribution in [2.24, 2.45) is 16.7 Å². The summed E-state index contributed by atoms with van der Waals surface area (Å²) < 4.78 is 13.8. The molecule has 2 rings (SSSR count). The molecule has 1 saturated carbocycles. The minimum atomic E-state index is -1.15. The number of nitrogen functional groups attached to an aromatic ring is 1. The Balaban J connectivity index is 2.15. The second-order valence-corrected chi connectivity index (χ2v) is 6.60. The van der Waals surface area contributed by atoms with Crippen LogP contribution in [0.25, 0.3) is 0 Å². The SMILES string of the molecule is CC1(C)C(CNc2cc(C(=O)O)c(N)cc2F)C1(C)C. The van der Waals surface area contributed by atoms with E-state index >= 15 is 0 Å². The summed E-state index contributed by atoms with van der Waals surface area (Å²) in [5.74, 6) is -1.26. The highest BCUT2D eigenvalue weighted by atomic mass is 19.1. The van der Waals surface area contributed by atoms with Crippen LogP contribution in [0.1, 0.15) is 38.1 Å². The molecule has 1 aliphatic carbocycles. The van der Waals surface area contributed by atoms with Gasteiger partial charge in [-0.05, 0) is 28.9 Å². The van der Waals surface area contributed by atoms with E-state index in [1.165, 1.54) is 6.07 Å². The lowest BCUT2D eigenvalue weighted by Gasteiger charge is -2.11. The van der Waals surface area contributed by atoms with Gasteiger partial charge in [0.25, 0.3) is 0 Å². The summed E-state index contributed by atoms with van der Waals surface area (Å²) in [5, 5.41) is 12.0. The summed E-state index contributed by atoms with van der Waals surface area (Å²) in [6.07, 6.45) is 0. The summed E-state index contributed by atoms with van der Waals surface area (Å²) in [6.45, 7) is 9.34. The van der Waals surface area contributed by atoms with Crippen molar-refractivity contribution in [2.75, 3.05) is 17.6 Å². The van der Waals surface area contributed by atoms with Crippen LogP contribution >= 0.6 is 0 Å². The largest absolute Gasteiger partial charge is 0.478 e. The number of anilines is 2. The number of nitrogens with one attached hydrogen (secondary N) is 1. The quantitative estimate of drug-likeness (QED) is 0.740. The smallest absolute Gasteiger partial charge is 0.337 e. The number of benzene rings is 1. The lowest BCUT2D eigenvalue weighted by molar-refractivity contribution is 0.0698. The molecule has 0 amide bonds. The average molecular weight is 280 g/mol. The Bertz CT molecular complexity index is 553. The van der Waals surface area contributed by atoms with E-state index in [-0.39, 0.29) is 27.8 Å². The minimum Gasteiger partial charge on any atom is -0.478 e. The monoisotopic (exact) mass is 280 g/mol. The number of carbonyl (C=O) groups is 1. The maximum absolute atomic E-state index is 13.8. The number of hydrogen-bond donors (Lipinski definition) is 3. The molecule has 0 aliphatic heterocycles. The van der Waals surface area contributed by atoms with E-state index in [2.05, 4.69) is 33.0 Å². The van der Waals surface area contributed by atoms with Crippen LogP contribution in [0.4, 0.5) is 15.8 Å². The first-order chi connectivity index (χ1) is 9.09. The third kappa shape index (κ3) is 2.11. The number of carboxylic acids is 1. The maximum atomic E-state index is 13.8. The van der Waals surface area contributed by atoms with E-state index in [1.54, 1.807) is 0 Å². The zero-order valence-corrected chi connectivity index (χ0v) is 12.2. The molecule has 0 spiro atoms. The van der Waals surface area contributed by atoms with Crippen LogP contribution in [0.15, 0.2) is 12.1 Å². The van der Waals surface area contributed by atoms with Crippen LogP contribution in [0.5, 0.6) is 0 Å². The third-order valence-corrected chi connectivity index (χ3v) is 5.19. The molecule has 0 saturated heterocycles. The first-order valence-corrected chi connectivity index (χ1v) is 6.65. The normalized spacial score (nSPS) is 19.6. The van der Waals surface area contributed by atoms with Gasteiger partial charge in [-0.15, -0.1) is 0 Å². The van der Waals surface area contributed by atoms with Crippen molar-refractivity contribution in [3.8, 4) is 0 Å². The zero-order valence-electron chi connectivity index (χ0n) is 12.2. The standard InChI is InChI=1S/C15H21FN2O2/c1-14(2)12(15(14,3)4)7-18-11-5-8(13(19)20)10(17)6-9(11)16/h5-6,12,18H,7,17H2,1-4H3,(H,19,20). The van der Waals surface area contributed by atoms with E-state index in [4.69, 9.17) is 10.8 Å². The van der Waals surface area contributed by atoms with Crippen LogP contribution in [0.2, 0.25) is 0 Å². The molecule has 5 heteroatoms. The predicted molar refractivity (Wildman–Crippen MR) is 77.3 cm³/mol. The van der Waals surface area contributed by atoms with E-state index in [9.17, 15) is 9.18 Å². The number of hydrogen-bond acceptors (Lipinski definition) is 3. The van der Waals surface area contributed by atoms with Gasteiger partial charge in [0.15, 0.2) is 0 Å². The Morgan fingerprint density at radius 3 is 2.35 bits per heavy atom. The first kappa shape index (κ1) is 14.6. The van der Waals surface area contributed by atoms with Crippen molar-refractivity contribution < 1.29 is 14.3 Å². The molecule has 0 bridgehead atoms. The van der Waals surface area contributed by atoms with Crippen molar-refractivity contribution in [3.63, 3.8) is 0 Å². The number of carboxylic acid groups (broad SMARTS) is 1. The predicted octanol–water partition coefficient (Wildman–Crippen LogP) is 3.20. The minimum absolute atomic E-state index is 0.0624.